The predicted molar refractivity (Wildman–Crippen MR) is 89.3 cm³/mol. The number of ether oxygens (including phenoxy) is 1. The van der Waals surface area contributed by atoms with Gasteiger partial charge in [-0.2, -0.15) is 5.10 Å². The van der Waals surface area contributed by atoms with Gasteiger partial charge in [0.05, 0.1) is 5.69 Å². The number of carbonyl (C=O) groups is 1. The molecule has 0 aliphatic heterocycles. The van der Waals surface area contributed by atoms with E-state index in [0.29, 0.717) is 11.5 Å². The molecule has 0 aliphatic carbocycles. The Morgan fingerprint density at radius 1 is 1.26 bits per heavy atom. The van der Waals surface area contributed by atoms with Crippen LogP contribution in [0.1, 0.15) is 5.56 Å². The number of nitrogens with one attached hydrogen (secondary N) is 1. The van der Waals surface area contributed by atoms with E-state index >= 15 is 0 Å². The molecule has 6 nitrogen and oxygen atoms in total. The van der Waals surface area contributed by atoms with E-state index in [9.17, 15) is 4.79 Å². The van der Waals surface area contributed by atoms with Gasteiger partial charge in [0, 0.05) is 23.1 Å². The summed E-state index contributed by atoms with van der Waals surface area (Å²) in [7, 11) is 0. The van der Waals surface area contributed by atoms with Gasteiger partial charge >= 0.3 is 6.09 Å². The zero-order valence-electron chi connectivity index (χ0n) is 12.0. The first-order valence-electron chi connectivity index (χ1n) is 6.85. The second-order valence-corrected chi connectivity index (χ2v) is 5.58. The molecule has 1 N–H and O–H groups in total. The van der Waals surface area contributed by atoms with Gasteiger partial charge in [0.2, 0.25) is 0 Å². The molecule has 2 heterocycles. The summed E-state index contributed by atoms with van der Waals surface area (Å²) in [5.74, 6) is 0.509. The minimum atomic E-state index is -0.554. The first-order chi connectivity index (χ1) is 11.2. The average Bonchev–Trinajstić information content (AvgIpc) is 3.08. The summed E-state index contributed by atoms with van der Waals surface area (Å²) in [6.07, 6.45) is 4.47. The normalized spacial score (nSPS) is 10.3. The van der Waals surface area contributed by atoms with Gasteiger partial charge in [0.15, 0.2) is 5.82 Å². The summed E-state index contributed by atoms with van der Waals surface area (Å²) < 4.78 is 7.53. The Bertz CT molecular complexity index is 791. The Morgan fingerprint density at radius 3 is 2.83 bits per heavy atom. The molecule has 1 amide bonds. The third kappa shape index (κ3) is 3.95. The molecular weight excluding hydrogens is 360 g/mol. The third-order valence-corrected chi connectivity index (χ3v) is 3.44. The molecule has 0 radical (unpaired) electrons. The largest absolute Gasteiger partial charge is 0.444 e. The fraction of sp³-hybridized carbons (Fsp3) is 0.0625. The number of nitrogens with zero attached hydrogens (tertiary/aromatic N) is 3. The minimum Gasteiger partial charge on any atom is -0.444 e. The zero-order valence-corrected chi connectivity index (χ0v) is 13.6. The van der Waals surface area contributed by atoms with Gasteiger partial charge in [-0.1, -0.05) is 30.3 Å². The van der Waals surface area contributed by atoms with Crippen LogP contribution in [0.15, 0.2) is 65.5 Å². The molecule has 0 bridgehead atoms. The van der Waals surface area contributed by atoms with E-state index in [1.807, 2.05) is 30.3 Å². The smallest absolute Gasteiger partial charge is 0.412 e. The first kappa shape index (κ1) is 15.2. The lowest BCUT2D eigenvalue weighted by Crippen LogP contribution is -2.16. The van der Waals surface area contributed by atoms with Crippen LogP contribution in [0.5, 0.6) is 0 Å². The van der Waals surface area contributed by atoms with Crippen molar-refractivity contribution in [1.29, 1.82) is 0 Å². The molecule has 2 aromatic heterocycles. The van der Waals surface area contributed by atoms with Crippen LogP contribution in [0, 0.1) is 0 Å². The van der Waals surface area contributed by atoms with E-state index in [4.69, 9.17) is 4.74 Å². The molecule has 3 rings (SSSR count). The number of benzene rings is 1. The number of pyridine rings is 1. The number of halogens is 1. The average molecular weight is 373 g/mol. The molecule has 0 saturated carbocycles. The molecule has 3 aromatic rings. The number of aromatic nitrogens is 3. The second kappa shape index (κ2) is 7.06. The van der Waals surface area contributed by atoms with Gasteiger partial charge in [0.25, 0.3) is 0 Å². The molecule has 0 aliphatic rings. The Kier molecular flexibility index (Phi) is 4.68. The van der Waals surface area contributed by atoms with E-state index in [-0.39, 0.29) is 6.61 Å². The van der Waals surface area contributed by atoms with Crippen LogP contribution in [0.25, 0.3) is 5.82 Å². The molecule has 116 valence electrons. The summed E-state index contributed by atoms with van der Waals surface area (Å²) in [6, 6.07) is 13.0. The molecule has 0 atom stereocenters. The molecule has 0 spiro atoms. The lowest BCUT2D eigenvalue weighted by Gasteiger charge is -2.11. The Balaban J connectivity index is 1.72. The Morgan fingerprint density at radius 2 is 2.09 bits per heavy atom. The molecule has 0 saturated heterocycles. The maximum atomic E-state index is 12.0. The van der Waals surface area contributed by atoms with Crippen molar-refractivity contribution in [2.24, 2.45) is 0 Å². The standard InChI is InChI=1S/C16H13BrN4O2/c17-13-9-14(15(18-10-13)21-8-4-7-19-21)20-16(22)23-11-12-5-2-1-3-6-12/h1-10H,11H2,(H,20,22). The van der Waals surface area contributed by atoms with E-state index in [1.54, 1.807) is 35.4 Å². The summed E-state index contributed by atoms with van der Waals surface area (Å²) in [4.78, 5) is 16.3. The SMILES string of the molecule is O=C(Nc1cc(Br)cnc1-n1cccn1)OCc1ccccc1. The first-order valence-corrected chi connectivity index (χ1v) is 7.65. The summed E-state index contributed by atoms with van der Waals surface area (Å²) in [5, 5.41) is 6.82. The summed E-state index contributed by atoms with van der Waals surface area (Å²) in [5.41, 5.74) is 1.42. The molecule has 0 fully saturated rings. The fourth-order valence-electron chi connectivity index (χ4n) is 1.97. The van der Waals surface area contributed by atoms with Crippen molar-refractivity contribution in [2.75, 3.05) is 5.32 Å². The number of carbonyl (C=O) groups excluding carboxylic acids is 1. The molecule has 1 aromatic carbocycles. The van der Waals surface area contributed by atoms with Gasteiger partial charge in [-0.25, -0.2) is 14.5 Å². The maximum absolute atomic E-state index is 12.0. The molecular formula is C16H13BrN4O2. The number of amides is 1. The lowest BCUT2D eigenvalue weighted by atomic mass is 10.2. The maximum Gasteiger partial charge on any atom is 0.412 e. The van der Waals surface area contributed by atoms with E-state index in [0.717, 1.165) is 10.0 Å². The predicted octanol–water partition coefficient (Wildman–Crippen LogP) is 3.78. The number of hydrogen-bond acceptors (Lipinski definition) is 4. The second-order valence-electron chi connectivity index (χ2n) is 4.66. The summed E-state index contributed by atoms with van der Waals surface area (Å²) >= 11 is 3.34. The highest BCUT2D eigenvalue weighted by molar-refractivity contribution is 9.10. The number of hydrogen-bond donors (Lipinski definition) is 1. The van der Waals surface area contributed by atoms with Crippen molar-refractivity contribution in [3.63, 3.8) is 0 Å². The molecule has 0 unspecified atom stereocenters. The van der Waals surface area contributed by atoms with E-state index < -0.39 is 6.09 Å². The fourth-order valence-corrected chi connectivity index (χ4v) is 2.30. The monoisotopic (exact) mass is 372 g/mol. The van der Waals surface area contributed by atoms with Crippen molar-refractivity contribution in [2.45, 2.75) is 6.61 Å². The van der Waals surface area contributed by atoms with Crippen LogP contribution < -0.4 is 5.32 Å². The quantitative estimate of drug-likeness (QED) is 0.756. The lowest BCUT2D eigenvalue weighted by molar-refractivity contribution is 0.155. The van der Waals surface area contributed by atoms with Crippen LogP contribution in [0.4, 0.5) is 10.5 Å². The highest BCUT2D eigenvalue weighted by atomic mass is 79.9. The van der Waals surface area contributed by atoms with Gasteiger partial charge in [-0.3, -0.25) is 5.32 Å². The summed E-state index contributed by atoms with van der Waals surface area (Å²) in [6.45, 7) is 0.200. The Hall–Kier alpha value is -2.67. The highest BCUT2D eigenvalue weighted by Gasteiger charge is 2.12. The zero-order chi connectivity index (χ0) is 16.1. The van der Waals surface area contributed by atoms with E-state index in [1.165, 1.54) is 0 Å². The van der Waals surface area contributed by atoms with Crippen molar-refractivity contribution >= 4 is 27.7 Å². The third-order valence-electron chi connectivity index (χ3n) is 3.00. The minimum absolute atomic E-state index is 0.200. The van der Waals surface area contributed by atoms with Crippen LogP contribution in [0.3, 0.4) is 0 Å². The van der Waals surface area contributed by atoms with Gasteiger partial charge in [-0.05, 0) is 33.6 Å². The van der Waals surface area contributed by atoms with Crippen molar-refractivity contribution in [3.05, 3.63) is 71.1 Å². The number of rotatable bonds is 4. The van der Waals surface area contributed by atoms with Crippen molar-refractivity contribution in [3.8, 4) is 5.82 Å². The van der Waals surface area contributed by atoms with Crippen LogP contribution in [-0.4, -0.2) is 20.9 Å². The molecule has 23 heavy (non-hydrogen) atoms. The topological polar surface area (TPSA) is 69.0 Å². The van der Waals surface area contributed by atoms with Crippen LogP contribution in [0.2, 0.25) is 0 Å². The Labute approximate surface area is 141 Å². The van der Waals surface area contributed by atoms with Crippen molar-refractivity contribution in [1.82, 2.24) is 14.8 Å². The van der Waals surface area contributed by atoms with E-state index in [2.05, 4.69) is 31.3 Å². The number of anilines is 1. The van der Waals surface area contributed by atoms with Gasteiger partial charge in [-0.15, -0.1) is 0 Å². The van der Waals surface area contributed by atoms with Crippen molar-refractivity contribution < 1.29 is 9.53 Å². The molecule has 7 heteroatoms. The van der Waals surface area contributed by atoms with Gasteiger partial charge < -0.3 is 4.74 Å². The highest BCUT2D eigenvalue weighted by Crippen LogP contribution is 2.22. The van der Waals surface area contributed by atoms with Crippen LogP contribution in [-0.2, 0) is 11.3 Å². The van der Waals surface area contributed by atoms with Gasteiger partial charge in [0.1, 0.15) is 6.61 Å². The van der Waals surface area contributed by atoms with Crippen LogP contribution >= 0.6 is 15.9 Å².